The van der Waals surface area contributed by atoms with Crippen molar-refractivity contribution >= 4 is 51.4 Å². The zero-order valence-electron chi connectivity index (χ0n) is 5.19. The van der Waals surface area contributed by atoms with E-state index in [0.29, 0.717) is 5.69 Å². The topological polar surface area (TPSA) is 3.24 Å². The molecule has 0 saturated carbocycles. The van der Waals surface area contributed by atoms with Crippen LogP contribution in [0.5, 0.6) is 0 Å². The zero-order valence-corrected chi connectivity index (χ0v) is 9.51. The minimum atomic E-state index is -0.557. The predicted molar refractivity (Wildman–Crippen MR) is 56.9 cm³/mol. The van der Waals surface area contributed by atoms with Gasteiger partial charge >= 0.3 is 0 Å². The van der Waals surface area contributed by atoms with Gasteiger partial charge in [-0.1, -0.05) is 0 Å². The van der Waals surface area contributed by atoms with Gasteiger partial charge in [0.05, 0.1) is 51.4 Å². The third kappa shape index (κ3) is 2.69. The van der Waals surface area contributed by atoms with E-state index in [0.717, 1.165) is 6.07 Å². The fourth-order valence-corrected chi connectivity index (χ4v) is 1.19. The van der Waals surface area contributed by atoms with E-state index in [1.165, 1.54) is 12.1 Å². The maximum Gasteiger partial charge on any atom is 0.128 e. The van der Waals surface area contributed by atoms with E-state index < -0.39 is 11.6 Å². The molecule has 5 heteroatoms. The third-order valence-corrected chi connectivity index (χ3v) is 2.16. The summed E-state index contributed by atoms with van der Waals surface area (Å²) in [5, 5.41) is 0. The predicted octanol–water partition coefficient (Wildman–Crippen LogP) is 3.47. The molecule has 0 aliphatic heterocycles. The smallest absolute Gasteiger partial charge is 0.128 e. The number of halogens is 4. The van der Waals surface area contributed by atoms with E-state index in [-0.39, 0.29) is 0 Å². The molecule has 11 heavy (non-hydrogen) atoms. The lowest BCUT2D eigenvalue weighted by Crippen LogP contribution is -1.91. The Morgan fingerprint density at radius 1 is 1.00 bits per heavy atom. The van der Waals surface area contributed by atoms with Crippen molar-refractivity contribution in [3.8, 4) is 0 Å². The monoisotopic (exact) mass is 381 g/mol. The molecule has 1 nitrogen and oxygen atoms in total. The molecule has 0 aliphatic rings. The Hall–Kier alpha value is 0.340. The Bertz CT molecular complexity index is 245. The van der Waals surface area contributed by atoms with Crippen LogP contribution in [-0.4, -0.2) is 0 Å². The SMILES string of the molecule is Fc1cc(F)cc(N(I)I)c1. The van der Waals surface area contributed by atoms with Crippen molar-refractivity contribution in [3.63, 3.8) is 0 Å². The van der Waals surface area contributed by atoms with Crippen molar-refractivity contribution in [1.29, 1.82) is 0 Å². The molecular formula is C6H3F2I2N. The summed E-state index contributed by atoms with van der Waals surface area (Å²) >= 11 is 3.86. The maximum atomic E-state index is 12.5. The first kappa shape index (κ1) is 9.43. The molecule has 0 heterocycles. The molecule has 0 saturated heterocycles. The Balaban J connectivity index is 3.08. The highest BCUT2D eigenvalue weighted by atomic mass is 127. The van der Waals surface area contributed by atoms with Crippen LogP contribution < -0.4 is 1.33 Å². The molecule has 0 fully saturated rings. The Morgan fingerprint density at radius 3 is 1.82 bits per heavy atom. The van der Waals surface area contributed by atoms with Crippen molar-refractivity contribution in [2.75, 3.05) is 1.33 Å². The van der Waals surface area contributed by atoms with Crippen molar-refractivity contribution < 1.29 is 8.78 Å². The van der Waals surface area contributed by atoms with Crippen molar-refractivity contribution in [2.45, 2.75) is 0 Å². The number of nitrogens with zero attached hydrogens (tertiary/aromatic N) is 1. The summed E-state index contributed by atoms with van der Waals surface area (Å²) in [4.78, 5) is 0. The summed E-state index contributed by atoms with van der Waals surface area (Å²) in [5.41, 5.74) is 0.503. The molecule has 60 valence electrons. The van der Waals surface area contributed by atoms with Gasteiger partial charge in [0.25, 0.3) is 0 Å². The van der Waals surface area contributed by atoms with E-state index in [1.54, 1.807) is 1.33 Å². The number of benzene rings is 1. The van der Waals surface area contributed by atoms with E-state index in [2.05, 4.69) is 0 Å². The van der Waals surface area contributed by atoms with Gasteiger partial charge in [0, 0.05) is 6.07 Å². The van der Waals surface area contributed by atoms with Gasteiger partial charge in [-0.15, -0.1) is 0 Å². The van der Waals surface area contributed by atoms with Gasteiger partial charge in [-0.3, -0.25) is 1.33 Å². The highest BCUT2D eigenvalue weighted by Crippen LogP contribution is 2.24. The van der Waals surface area contributed by atoms with Crippen LogP contribution in [0.25, 0.3) is 0 Å². The van der Waals surface area contributed by atoms with Crippen LogP contribution in [0.1, 0.15) is 0 Å². The number of rotatable bonds is 1. The first-order valence-corrected chi connectivity index (χ1v) is 4.60. The lowest BCUT2D eigenvalue weighted by atomic mass is 10.3. The van der Waals surface area contributed by atoms with Crippen LogP contribution in [0.2, 0.25) is 0 Å². The normalized spacial score (nSPS) is 9.82. The summed E-state index contributed by atoms with van der Waals surface area (Å²) in [6.07, 6.45) is 0. The highest BCUT2D eigenvalue weighted by Gasteiger charge is 2.02. The largest absolute Gasteiger partial charge is 0.255 e. The first-order valence-electron chi connectivity index (χ1n) is 2.67. The molecular weight excluding hydrogens is 378 g/mol. The van der Waals surface area contributed by atoms with Crippen molar-refractivity contribution in [1.82, 2.24) is 0 Å². The molecule has 0 atom stereocenters. The second-order valence-corrected chi connectivity index (χ2v) is 5.64. The summed E-state index contributed by atoms with van der Waals surface area (Å²) in [6, 6.07) is 3.38. The molecule has 0 amide bonds. The summed E-state index contributed by atoms with van der Waals surface area (Å²) in [6.45, 7) is 0. The number of hydrogen-bond acceptors (Lipinski definition) is 1. The molecule has 0 N–H and O–H groups in total. The van der Waals surface area contributed by atoms with Gasteiger partial charge in [-0.2, -0.15) is 0 Å². The maximum absolute atomic E-state index is 12.5. The second kappa shape index (κ2) is 3.83. The molecule has 0 radical (unpaired) electrons. The lowest BCUT2D eigenvalue weighted by molar-refractivity contribution is 0.584. The quantitative estimate of drug-likeness (QED) is 0.532. The summed E-state index contributed by atoms with van der Waals surface area (Å²) in [7, 11) is 0. The molecule has 0 unspecified atom stereocenters. The van der Waals surface area contributed by atoms with Gasteiger partial charge in [0.1, 0.15) is 11.6 Å². The van der Waals surface area contributed by atoms with Gasteiger partial charge in [-0.25, -0.2) is 8.78 Å². The standard InChI is InChI=1S/C6H3F2I2N/c7-4-1-5(8)3-6(2-4)11(9)10/h1-3H. The first-order chi connectivity index (χ1) is 5.09. The van der Waals surface area contributed by atoms with Crippen molar-refractivity contribution in [2.24, 2.45) is 0 Å². The second-order valence-electron chi connectivity index (χ2n) is 1.86. The molecule has 0 spiro atoms. The van der Waals surface area contributed by atoms with Gasteiger partial charge in [-0.05, 0) is 12.1 Å². The fraction of sp³-hybridized carbons (Fsp3) is 0. The number of hydrogen-bond donors (Lipinski definition) is 0. The van der Waals surface area contributed by atoms with Crippen LogP contribution in [-0.2, 0) is 0 Å². The molecule has 1 aromatic rings. The van der Waals surface area contributed by atoms with E-state index in [1.807, 2.05) is 45.7 Å². The van der Waals surface area contributed by atoms with Crippen LogP contribution >= 0.6 is 45.7 Å². The summed E-state index contributed by atoms with van der Waals surface area (Å²) < 4.78 is 26.6. The minimum Gasteiger partial charge on any atom is -0.255 e. The van der Waals surface area contributed by atoms with Crippen LogP contribution in [0.15, 0.2) is 18.2 Å². The molecule has 0 bridgehead atoms. The summed E-state index contributed by atoms with van der Waals surface area (Å²) in [5.74, 6) is -1.11. The Kier molecular flexibility index (Phi) is 3.29. The van der Waals surface area contributed by atoms with Crippen LogP contribution in [0, 0.1) is 11.6 Å². The zero-order chi connectivity index (χ0) is 8.43. The van der Waals surface area contributed by atoms with E-state index >= 15 is 0 Å². The Morgan fingerprint density at radius 2 is 1.45 bits per heavy atom. The molecule has 1 rings (SSSR count). The molecule has 1 aromatic carbocycles. The number of anilines is 1. The average molecular weight is 381 g/mol. The molecule has 0 aliphatic carbocycles. The fourth-order valence-electron chi connectivity index (χ4n) is 0.637. The minimum absolute atomic E-state index is 0.503. The third-order valence-electron chi connectivity index (χ3n) is 1.04. The van der Waals surface area contributed by atoms with Crippen LogP contribution in [0.4, 0.5) is 14.5 Å². The molecule has 0 aromatic heterocycles. The van der Waals surface area contributed by atoms with Gasteiger partial charge in [0.2, 0.25) is 0 Å². The Labute approximate surface area is 90.8 Å². The highest BCUT2D eigenvalue weighted by molar-refractivity contribution is 14.2. The van der Waals surface area contributed by atoms with E-state index in [4.69, 9.17) is 0 Å². The van der Waals surface area contributed by atoms with E-state index in [9.17, 15) is 8.78 Å². The van der Waals surface area contributed by atoms with Gasteiger partial charge in [0.15, 0.2) is 0 Å². The van der Waals surface area contributed by atoms with Gasteiger partial charge < -0.3 is 0 Å². The van der Waals surface area contributed by atoms with Crippen LogP contribution in [0.3, 0.4) is 0 Å². The lowest BCUT2D eigenvalue weighted by Gasteiger charge is -2.06. The van der Waals surface area contributed by atoms with Crippen molar-refractivity contribution in [3.05, 3.63) is 29.8 Å². The average Bonchev–Trinajstić information content (AvgIpc) is 1.85.